The molecule has 0 fully saturated rings. The highest BCUT2D eigenvalue weighted by Gasteiger charge is 2.24. The molecule has 3 heterocycles. The van der Waals surface area contributed by atoms with E-state index in [1.54, 1.807) is 0 Å². The summed E-state index contributed by atoms with van der Waals surface area (Å²) in [5.41, 5.74) is 10.8. The minimum absolute atomic E-state index is 1.16. The van der Waals surface area contributed by atoms with Crippen molar-refractivity contribution in [3.05, 3.63) is 176 Å². The Morgan fingerprint density at radius 2 is 0.796 bits per heavy atom. The van der Waals surface area contributed by atoms with Crippen LogP contribution in [0.3, 0.4) is 0 Å². The van der Waals surface area contributed by atoms with Crippen LogP contribution >= 0.6 is 0 Å². The maximum Gasteiger partial charge on any atom is 0.0641 e. The predicted octanol–water partition coefficient (Wildman–Crippen LogP) is 12.1. The molecule has 3 aromatic heterocycles. The Bertz CT molecular complexity index is 3090. The second kappa shape index (κ2) is 9.96. The lowest BCUT2D eigenvalue weighted by molar-refractivity contribution is 1.17. The van der Waals surface area contributed by atoms with Crippen LogP contribution in [0.5, 0.6) is 0 Å². The molecular weight excluding hydrogens is 595 g/mol. The number of rotatable bonds is 3. The summed E-state index contributed by atoms with van der Waals surface area (Å²) in [6.07, 6.45) is 0. The molecule has 0 aliphatic heterocycles. The molecule has 3 nitrogen and oxygen atoms in total. The highest BCUT2D eigenvalue weighted by Crippen LogP contribution is 2.46. The van der Waals surface area contributed by atoms with E-state index in [2.05, 4.69) is 190 Å². The summed E-state index contributed by atoms with van der Waals surface area (Å²) in [6.45, 7) is 0. The van der Waals surface area contributed by atoms with Crippen molar-refractivity contribution in [3.63, 3.8) is 0 Å². The van der Waals surface area contributed by atoms with Gasteiger partial charge >= 0.3 is 0 Å². The molecule has 0 N–H and O–H groups in total. The number of aromatic nitrogens is 3. The SMILES string of the molecule is c1ccc(-n2c3ccccc3c3c(-n4c5ccccc5c5ccc6c(c7c8ccccc8ccc7n6-c6ccccc6)c54)cccc32)cc1. The van der Waals surface area contributed by atoms with Crippen LogP contribution in [0.25, 0.3) is 93.3 Å². The normalized spacial score (nSPS) is 12.1. The molecule has 0 aliphatic carbocycles. The van der Waals surface area contributed by atoms with E-state index in [4.69, 9.17) is 0 Å². The van der Waals surface area contributed by atoms with Gasteiger partial charge in [0, 0.05) is 43.7 Å². The van der Waals surface area contributed by atoms with Gasteiger partial charge in [-0.2, -0.15) is 0 Å². The van der Waals surface area contributed by atoms with Gasteiger partial charge in [0.25, 0.3) is 0 Å². The maximum absolute atomic E-state index is 2.55. The molecule has 11 rings (SSSR count). The molecular formula is C46H29N3. The van der Waals surface area contributed by atoms with Crippen molar-refractivity contribution < 1.29 is 0 Å². The van der Waals surface area contributed by atoms with Gasteiger partial charge in [-0.1, -0.05) is 115 Å². The van der Waals surface area contributed by atoms with E-state index >= 15 is 0 Å². The van der Waals surface area contributed by atoms with Crippen molar-refractivity contribution in [3.8, 4) is 17.1 Å². The summed E-state index contributed by atoms with van der Waals surface area (Å²) in [5.74, 6) is 0. The number of hydrogen-bond acceptors (Lipinski definition) is 0. The third kappa shape index (κ3) is 3.56. The molecule has 0 saturated heterocycles. The molecule has 8 aromatic carbocycles. The maximum atomic E-state index is 2.55. The number of hydrogen-bond donors (Lipinski definition) is 0. The van der Waals surface area contributed by atoms with Crippen LogP contribution in [-0.4, -0.2) is 13.7 Å². The third-order valence-corrected chi connectivity index (χ3v) is 10.4. The van der Waals surface area contributed by atoms with Gasteiger partial charge in [-0.15, -0.1) is 0 Å². The van der Waals surface area contributed by atoms with E-state index in [9.17, 15) is 0 Å². The first kappa shape index (κ1) is 26.5. The Morgan fingerprint density at radius 1 is 0.265 bits per heavy atom. The molecule has 228 valence electrons. The minimum Gasteiger partial charge on any atom is -0.309 e. The highest BCUT2D eigenvalue weighted by atomic mass is 15.0. The van der Waals surface area contributed by atoms with Gasteiger partial charge in [0.2, 0.25) is 0 Å². The zero-order chi connectivity index (χ0) is 32.1. The zero-order valence-corrected chi connectivity index (χ0v) is 26.6. The van der Waals surface area contributed by atoms with E-state index < -0.39 is 0 Å². The highest BCUT2D eigenvalue weighted by molar-refractivity contribution is 6.31. The van der Waals surface area contributed by atoms with Crippen LogP contribution in [0.4, 0.5) is 0 Å². The summed E-state index contributed by atoms with van der Waals surface area (Å²) in [5, 5.41) is 10.1. The van der Waals surface area contributed by atoms with Crippen LogP contribution in [-0.2, 0) is 0 Å². The van der Waals surface area contributed by atoms with Gasteiger partial charge in [-0.05, 0) is 71.4 Å². The molecule has 0 amide bonds. The van der Waals surface area contributed by atoms with Gasteiger partial charge < -0.3 is 13.7 Å². The third-order valence-electron chi connectivity index (χ3n) is 10.4. The zero-order valence-electron chi connectivity index (χ0n) is 26.6. The minimum atomic E-state index is 1.16. The monoisotopic (exact) mass is 623 g/mol. The summed E-state index contributed by atoms with van der Waals surface area (Å²) < 4.78 is 7.40. The van der Waals surface area contributed by atoms with E-state index in [1.165, 1.54) is 81.9 Å². The number of fused-ring (bicyclic) bond motifs is 12. The van der Waals surface area contributed by atoms with Crippen molar-refractivity contribution in [2.45, 2.75) is 0 Å². The Balaban J connectivity index is 1.40. The second-order valence-corrected chi connectivity index (χ2v) is 12.9. The molecule has 0 unspecified atom stereocenters. The summed E-state index contributed by atoms with van der Waals surface area (Å²) in [7, 11) is 0. The van der Waals surface area contributed by atoms with Crippen molar-refractivity contribution in [2.75, 3.05) is 0 Å². The fourth-order valence-corrected chi connectivity index (χ4v) is 8.47. The Morgan fingerprint density at radius 3 is 1.55 bits per heavy atom. The molecule has 49 heavy (non-hydrogen) atoms. The van der Waals surface area contributed by atoms with E-state index in [0.717, 1.165) is 11.4 Å². The van der Waals surface area contributed by atoms with Crippen LogP contribution in [0.1, 0.15) is 0 Å². The van der Waals surface area contributed by atoms with Crippen molar-refractivity contribution in [1.82, 2.24) is 13.7 Å². The number of para-hydroxylation sites is 4. The molecule has 0 radical (unpaired) electrons. The lowest BCUT2D eigenvalue weighted by atomic mass is 10.0. The lowest BCUT2D eigenvalue weighted by Gasteiger charge is -2.13. The second-order valence-electron chi connectivity index (χ2n) is 12.9. The van der Waals surface area contributed by atoms with Crippen LogP contribution < -0.4 is 0 Å². The lowest BCUT2D eigenvalue weighted by Crippen LogP contribution is -1.97. The van der Waals surface area contributed by atoms with Crippen LogP contribution in [0.2, 0.25) is 0 Å². The molecule has 0 atom stereocenters. The molecule has 0 spiro atoms. The first-order valence-electron chi connectivity index (χ1n) is 16.9. The predicted molar refractivity (Wildman–Crippen MR) is 207 cm³/mol. The van der Waals surface area contributed by atoms with E-state index in [0.29, 0.717) is 0 Å². The smallest absolute Gasteiger partial charge is 0.0641 e. The van der Waals surface area contributed by atoms with Gasteiger partial charge in [0.15, 0.2) is 0 Å². The fourth-order valence-electron chi connectivity index (χ4n) is 8.47. The van der Waals surface area contributed by atoms with Crippen LogP contribution in [0, 0.1) is 0 Å². The van der Waals surface area contributed by atoms with Crippen molar-refractivity contribution >= 4 is 76.2 Å². The number of benzene rings is 8. The molecule has 0 bridgehead atoms. The standard InChI is InChI=1S/C46H29N3/c1-3-15-31(16-4-1)47-38-23-12-10-21-36(38)43-39(47)24-13-25-40(43)49-37-22-11-9-20-34(37)35-27-29-42-45(46(35)49)44-33-19-8-7-14-30(33)26-28-41(44)48(42)32-17-5-2-6-18-32/h1-29H. The van der Waals surface area contributed by atoms with Gasteiger partial charge in [0.05, 0.1) is 38.8 Å². The molecule has 3 heteroatoms. The number of nitrogens with zero attached hydrogens (tertiary/aromatic N) is 3. The topological polar surface area (TPSA) is 14.8 Å². The summed E-state index contributed by atoms with van der Waals surface area (Å²) in [4.78, 5) is 0. The fraction of sp³-hybridized carbons (Fsp3) is 0. The van der Waals surface area contributed by atoms with Gasteiger partial charge in [-0.25, -0.2) is 0 Å². The quantitative estimate of drug-likeness (QED) is 0.186. The van der Waals surface area contributed by atoms with Crippen molar-refractivity contribution in [1.29, 1.82) is 0 Å². The summed E-state index contributed by atoms with van der Waals surface area (Å²) >= 11 is 0. The van der Waals surface area contributed by atoms with Gasteiger partial charge in [-0.3, -0.25) is 0 Å². The first-order valence-corrected chi connectivity index (χ1v) is 16.9. The Kier molecular flexibility index (Phi) is 5.38. The van der Waals surface area contributed by atoms with E-state index in [1.807, 2.05) is 0 Å². The van der Waals surface area contributed by atoms with Crippen molar-refractivity contribution in [2.24, 2.45) is 0 Å². The first-order chi connectivity index (χ1) is 24.4. The molecule has 11 aromatic rings. The summed E-state index contributed by atoms with van der Waals surface area (Å²) in [6, 6.07) is 64.1. The van der Waals surface area contributed by atoms with Crippen LogP contribution in [0.15, 0.2) is 176 Å². The molecule has 0 aliphatic rings. The van der Waals surface area contributed by atoms with E-state index in [-0.39, 0.29) is 0 Å². The van der Waals surface area contributed by atoms with Gasteiger partial charge in [0.1, 0.15) is 0 Å². The largest absolute Gasteiger partial charge is 0.309 e. The average Bonchev–Trinajstić information content (AvgIpc) is 3.81. The molecule has 0 saturated carbocycles. The Labute approximate surface area is 282 Å². The Hall–Kier alpha value is -6.58. The average molecular weight is 624 g/mol.